The van der Waals surface area contributed by atoms with E-state index in [0.717, 1.165) is 50.8 Å². The number of hydrogen-bond acceptors (Lipinski definition) is 2. The minimum atomic E-state index is 0.299. The maximum absolute atomic E-state index is 12.4. The van der Waals surface area contributed by atoms with Gasteiger partial charge in [0.1, 0.15) is 0 Å². The van der Waals surface area contributed by atoms with Crippen LogP contribution in [0.15, 0.2) is 18.2 Å². The summed E-state index contributed by atoms with van der Waals surface area (Å²) >= 11 is 0. The number of unbranched alkanes of at least 4 members (excludes halogenated alkanes) is 1. The number of hydrogen-bond donors (Lipinski definition) is 1. The summed E-state index contributed by atoms with van der Waals surface area (Å²) in [6.45, 7) is 2.93. The molecule has 1 fully saturated rings. The molecule has 3 rings (SSSR count). The van der Waals surface area contributed by atoms with Crippen LogP contribution in [0.2, 0.25) is 0 Å². The summed E-state index contributed by atoms with van der Waals surface area (Å²) < 4.78 is 0. The van der Waals surface area contributed by atoms with Gasteiger partial charge in [-0.25, -0.2) is 0 Å². The first-order valence-corrected chi connectivity index (χ1v) is 7.85. The molecule has 1 atom stereocenters. The Balaban J connectivity index is 1.76. The van der Waals surface area contributed by atoms with Crippen molar-refractivity contribution in [3.8, 4) is 0 Å². The van der Waals surface area contributed by atoms with Gasteiger partial charge in [-0.1, -0.05) is 12.1 Å². The molecule has 3 heteroatoms. The highest BCUT2D eigenvalue weighted by atomic mass is 16.2. The molecule has 0 radical (unpaired) electrons. The molecule has 0 saturated heterocycles. The maximum Gasteiger partial charge on any atom is 0.230 e. The molecular formula is C17H24N2O. The predicted octanol–water partition coefficient (Wildman–Crippen LogP) is 2.66. The van der Waals surface area contributed by atoms with Crippen molar-refractivity contribution in [2.75, 3.05) is 11.4 Å². The largest absolute Gasteiger partial charge is 0.330 e. The first-order chi connectivity index (χ1) is 9.70. The molecule has 20 heavy (non-hydrogen) atoms. The van der Waals surface area contributed by atoms with Crippen LogP contribution in [0.5, 0.6) is 0 Å². The first kappa shape index (κ1) is 13.6. The summed E-state index contributed by atoms with van der Waals surface area (Å²) in [6.07, 6.45) is 6.48. The Hall–Kier alpha value is -1.35. The van der Waals surface area contributed by atoms with Crippen LogP contribution in [0.25, 0.3) is 0 Å². The molecule has 1 aliphatic heterocycles. The van der Waals surface area contributed by atoms with Crippen LogP contribution < -0.4 is 10.6 Å². The van der Waals surface area contributed by atoms with E-state index in [0.29, 0.717) is 17.9 Å². The van der Waals surface area contributed by atoms with Crippen molar-refractivity contribution in [2.24, 2.45) is 11.7 Å². The quantitative estimate of drug-likeness (QED) is 0.838. The lowest BCUT2D eigenvalue weighted by Gasteiger charge is -2.22. The van der Waals surface area contributed by atoms with Crippen molar-refractivity contribution < 1.29 is 4.79 Å². The third kappa shape index (κ3) is 2.59. The molecule has 2 N–H and O–H groups in total. The number of amides is 1. The zero-order chi connectivity index (χ0) is 14.1. The van der Waals surface area contributed by atoms with Gasteiger partial charge in [-0.2, -0.15) is 0 Å². The second-order valence-corrected chi connectivity index (χ2v) is 6.24. The Kier molecular flexibility index (Phi) is 3.79. The van der Waals surface area contributed by atoms with Gasteiger partial charge in [0.05, 0.1) is 0 Å². The van der Waals surface area contributed by atoms with E-state index < -0.39 is 0 Å². The van der Waals surface area contributed by atoms with E-state index >= 15 is 0 Å². The second kappa shape index (κ2) is 5.57. The van der Waals surface area contributed by atoms with E-state index in [1.165, 1.54) is 11.1 Å². The Morgan fingerprint density at radius 1 is 1.35 bits per heavy atom. The van der Waals surface area contributed by atoms with E-state index in [1.54, 1.807) is 0 Å². The fourth-order valence-corrected chi connectivity index (χ4v) is 3.18. The van der Waals surface area contributed by atoms with Crippen molar-refractivity contribution in [3.05, 3.63) is 29.3 Å². The van der Waals surface area contributed by atoms with Crippen molar-refractivity contribution in [1.82, 2.24) is 0 Å². The second-order valence-electron chi connectivity index (χ2n) is 6.24. The number of fused-ring (bicyclic) bond motifs is 1. The van der Waals surface area contributed by atoms with Gasteiger partial charge < -0.3 is 10.6 Å². The first-order valence-electron chi connectivity index (χ1n) is 7.85. The molecule has 1 aromatic rings. The molecule has 1 unspecified atom stereocenters. The van der Waals surface area contributed by atoms with Crippen molar-refractivity contribution >= 4 is 11.6 Å². The maximum atomic E-state index is 12.4. The van der Waals surface area contributed by atoms with Crippen LogP contribution in [-0.2, 0) is 17.6 Å². The number of benzene rings is 1. The van der Waals surface area contributed by atoms with Crippen LogP contribution in [0, 0.1) is 5.92 Å². The highest BCUT2D eigenvalue weighted by Gasteiger charge is 2.39. The molecule has 0 bridgehead atoms. The highest BCUT2D eigenvalue weighted by molar-refractivity contribution is 5.98. The van der Waals surface area contributed by atoms with Gasteiger partial charge in [0.25, 0.3) is 0 Å². The molecule has 0 aromatic heterocycles. The third-order valence-corrected chi connectivity index (χ3v) is 4.44. The smallest absolute Gasteiger partial charge is 0.230 e. The molecule has 1 saturated carbocycles. The van der Waals surface area contributed by atoms with Crippen LogP contribution in [0.1, 0.15) is 43.7 Å². The zero-order valence-electron chi connectivity index (χ0n) is 12.3. The molecule has 1 aromatic carbocycles. The lowest BCUT2D eigenvalue weighted by atomic mass is 10.0. The van der Waals surface area contributed by atoms with Gasteiger partial charge in [-0.15, -0.1) is 0 Å². The topological polar surface area (TPSA) is 46.3 Å². The number of rotatable bonds is 5. The summed E-state index contributed by atoms with van der Waals surface area (Å²) in [5.74, 6) is 0.639. The van der Waals surface area contributed by atoms with Gasteiger partial charge in [-0.3, -0.25) is 4.79 Å². The number of nitrogens with zero attached hydrogens (tertiary/aromatic N) is 1. The van der Waals surface area contributed by atoms with Crippen LogP contribution in [0.4, 0.5) is 5.69 Å². The normalized spacial score (nSPS) is 21.1. The Morgan fingerprint density at radius 2 is 2.15 bits per heavy atom. The van der Waals surface area contributed by atoms with Crippen LogP contribution in [-0.4, -0.2) is 18.5 Å². The lowest BCUT2D eigenvalue weighted by molar-refractivity contribution is -0.120. The highest BCUT2D eigenvalue weighted by Crippen LogP contribution is 2.39. The van der Waals surface area contributed by atoms with Crippen LogP contribution >= 0.6 is 0 Å². The number of aryl methyl sites for hydroxylation is 1. The van der Waals surface area contributed by atoms with E-state index in [9.17, 15) is 4.79 Å². The number of nitrogens with two attached hydrogens (primary N) is 1. The van der Waals surface area contributed by atoms with Crippen molar-refractivity contribution in [2.45, 2.75) is 51.5 Å². The molecule has 3 nitrogen and oxygen atoms in total. The monoisotopic (exact) mass is 272 g/mol. The molecule has 1 heterocycles. The summed E-state index contributed by atoms with van der Waals surface area (Å²) in [6, 6.07) is 6.94. The van der Waals surface area contributed by atoms with Crippen molar-refractivity contribution in [3.63, 3.8) is 0 Å². The van der Waals surface area contributed by atoms with E-state index in [1.807, 2.05) is 4.90 Å². The summed E-state index contributed by atoms with van der Waals surface area (Å²) in [5, 5.41) is 0. The van der Waals surface area contributed by atoms with E-state index in [-0.39, 0.29) is 0 Å². The number of carbonyl (C=O) groups excluding carboxylic acids is 1. The third-order valence-electron chi connectivity index (χ3n) is 4.44. The lowest BCUT2D eigenvalue weighted by Crippen LogP contribution is -2.36. The van der Waals surface area contributed by atoms with E-state index in [4.69, 9.17) is 5.73 Å². The minimum absolute atomic E-state index is 0.299. The fourth-order valence-electron chi connectivity index (χ4n) is 3.18. The fraction of sp³-hybridized carbons (Fsp3) is 0.588. The molecular weight excluding hydrogens is 248 g/mol. The number of anilines is 1. The van der Waals surface area contributed by atoms with Gasteiger partial charge in [0.15, 0.2) is 0 Å². The Morgan fingerprint density at radius 3 is 2.85 bits per heavy atom. The van der Waals surface area contributed by atoms with Crippen LogP contribution in [0.3, 0.4) is 0 Å². The average Bonchev–Trinajstić information content (AvgIpc) is 3.21. The number of carbonyl (C=O) groups is 1. The SMILES string of the molecule is CC1Cc2cc(CCCCN)ccc2N1C(=O)C1CC1. The molecule has 1 amide bonds. The Bertz CT molecular complexity index is 508. The van der Waals surface area contributed by atoms with Gasteiger partial charge in [0.2, 0.25) is 5.91 Å². The zero-order valence-corrected chi connectivity index (χ0v) is 12.3. The molecule has 2 aliphatic rings. The summed E-state index contributed by atoms with van der Waals surface area (Å²) in [7, 11) is 0. The molecule has 108 valence electrons. The summed E-state index contributed by atoms with van der Waals surface area (Å²) in [5.41, 5.74) is 9.42. The Labute approximate surface area is 121 Å². The molecule has 0 spiro atoms. The average molecular weight is 272 g/mol. The summed E-state index contributed by atoms with van der Waals surface area (Å²) in [4.78, 5) is 14.4. The van der Waals surface area contributed by atoms with Gasteiger partial charge in [-0.05, 0) is 69.2 Å². The van der Waals surface area contributed by atoms with Gasteiger partial charge in [0, 0.05) is 17.6 Å². The van der Waals surface area contributed by atoms with Crippen molar-refractivity contribution in [1.29, 1.82) is 0 Å². The molecule has 1 aliphatic carbocycles. The van der Waals surface area contributed by atoms with Gasteiger partial charge >= 0.3 is 0 Å². The van der Waals surface area contributed by atoms with E-state index in [2.05, 4.69) is 25.1 Å². The standard InChI is InChI=1S/C17H24N2O/c1-12-10-15-11-13(4-2-3-9-18)5-8-16(15)19(12)17(20)14-6-7-14/h5,8,11-12,14H,2-4,6-7,9-10,18H2,1H3. The predicted molar refractivity (Wildman–Crippen MR) is 81.8 cm³/mol. The minimum Gasteiger partial charge on any atom is -0.330 e.